The third kappa shape index (κ3) is 7.79. The van der Waals surface area contributed by atoms with Crippen LogP contribution in [0.1, 0.15) is 13.8 Å². The second kappa shape index (κ2) is 9.14. The van der Waals surface area contributed by atoms with Crippen LogP contribution < -0.4 is 24.0 Å². The highest BCUT2D eigenvalue weighted by Gasteiger charge is 2.26. The third-order valence-electron chi connectivity index (χ3n) is 2.88. The molecule has 0 amide bonds. The maximum absolute atomic E-state index is 8.49. The van der Waals surface area contributed by atoms with E-state index in [1.165, 1.54) is 10.8 Å². The molecule has 0 spiro atoms. The largest absolute Gasteiger partial charge is 0.361 e. The maximum atomic E-state index is 8.49. The predicted molar refractivity (Wildman–Crippen MR) is 76.9 cm³/mol. The molecule has 8 heteroatoms. The first-order valence-corrected chi connectivity index (χ1v) is 8.89. The molecular formula is C14H19ClN2O4S. The van der Waals surface area contributed by atoms with Crippen LogP contribution in [-0.4, -0.2) is 28.0 Å². The van der Waals surface area contributed by atoms with Gasteiger partial charge < -0.3 is 5.32 Å². The third-order valence-corrected chi connectivity index (χ3v) is 4.19. The maximum Gasteiger partial charge on any atom is 0.236 e. The van der Waals surface area contributed by atoms with Crippen LogP contribution in [0.2, 0.25) is 0 Å². The molecular weight excluding hydrogens is 328 g/mol. The van der Waals surface area contributed by atoms with Crippen molar-refractivity contribution < 1.29 is 33.5 Å². The highest BCUT2D eigenvalue weighted by Crippen LogP contribution is 2.18. The van der Waals surface area contributed by atoms with Crippen LogP contribution in [-0.2, 0) is 0 Å². The van der Waals surface area contributed by atoms with Crippen LogP contribution in [0.4, 0.5) is 5.69 Å². The molecule has 122 valence electrons. The molecule has 22 heavy (non-hydrogen) atoms. The van der Waals surface area contributed by atoms with Crippen molar-refractivity contribution in [1.29, 1.82) is 0 Å². The van der Waals surface area contributed by atoms with E-state index >= 15 is 0 Å². The molecule has 0 bridgehead atoms. The fraction of sp³-hybridized carbons (Fsp3) is 0.357. The van der Waals surface area contributed by atoms with Gasteiger partial charge in [-0.2, -0.15) is 0 Å². The molecule has 0 aromatic heterocycles. The second-order valence-corrected chi connectivity index (χ2v) is 6.30. The number of hydrogen-bond donors (Lipinski definition) is 1. The van der Waals surface area contributed by atoms with E-state index in [2.05, 4.69) is 41.9 Å². The van der Waals surface area contributed by atoms with E-state index in [-0.39, 0.29) is 0 Å². The van der Waals surface area contributed by atoms with E-state index in [4.69, 9.17) is 18.6 Å². The van der Waals surface area contributed by atoms with Gasteiger partial charge in [0, 0.05) is 18.0 Å². The molecule has 1 heterocycles. The summed E-state index contributed by atoms with van der Waals surface area (Å²) < 4.78 is 36.4. The average Bonchev–Trinajstić information content (AvgIpc) is 2.78. The number of rotatable bonds is 4. The Labute approximate surface area is 136 Å². The molecule has 0 aliphatic carbocycles. The lowest BCUT2D eigenvalue weighted by Gasteiger charge is -2.17. The van der Waals surface area contributed by atoms with Crippen molar-refractivity contribution in [3.05, 3.63) is 42.6 Å². The van der Waals surface area contributed by atoms with Crippen LogP contribution in [0, 0.1) is 10.2 Å². The molecule has 0 saturated carbocycles. The van der Waals surface area contributed by atoms with E-state index in [0.717, 1.165) is 12.2 Å². The smallest absolute Gasteiger partial charge is 0.236 e. The van der Waals surface area contributed by atoms with Crippen molar-refractivity contribution in [1.82, 2.24) is 0 Å². The van der Waals surface area contributed by atoms with E-state index in [1.54, 1.807) is 0 Å². The van der Waals surface area contributed by atoms with E-state index < -0.39 is 10.2 Å². The van der Waals surface area contributed by atoms with E-state index in [1.807, 2.05) is 36.2 Å². The molecule has 2 rings (SSSR count). The Balaban J connectivity index is 0.000000422. The molecule has 1 aliphatic heterocycles. The molecule has 0 radical (unpaired) electrons. The van der Waals surface area contributed by atoms with Gasteiger partial charge in [-0.1, -0.05) is 30.0 Å². The summed E-state index contributed by atoms with van der Waals surface area (Å²) in [6, 6.07) is 10.9. The molecule has 1 atom stereocenters. The molecule has 0 fully saturated rings. The van der Waals surface area contributed by atoms with Gasteiger partial charge >= 0.3 is 0 Å². The Hall–Kier alpha value is -1.09. The summed E-state index contributed by atoms with van der Waals surface area (Å²) in [5.74, 6) is 1.19. The summed E-state index contributed by atoms with van der Waals surface area (Å²) >= 11 is 1.93. The number of hydrogen-bond acceptors (Lipinski definition) is 6. The van der Waals surface area contributed by atoms with Gasteiger partial charge in [0.2, 0.25) is 5.04 Å². The number of nitrogens with one attached hydrogen (secondary N) is 1. The molecule has 1 N–H and O–H groups in total. The van der Waals surface area contributed by atoms with Crippen LogP contribution in [0.5, 0.6) is 0 Å². The number of nitrogens with zero attached hydrogens (tertiary/aromatic N) is 1. The number of anilines is 1. The molecule has 1 aliphatic rings. The number of thioether (sulfide) groups is 1. The quantitative estimate of drug-likeness (QED) is 0.659. The average molecular weight is 347 g/mol. The standard InChI is InChI=1S/C14H18N2S.ClHO4/c1-3-16-12(2)11-17-14(16)9-10-15-13-7-5-4-6-8-13;2-1(3,4)5/h4-10,12H,3,11H2,1-2H3;(H,2,3,4,5). The summed E-state index contributed by atoms with van der Waals surface area (Å²) in [6.07, 6.45) is 4.20. The van der Waals surface area contributed by atoms with Crippen LogP contribution in [0.25, 0.3) is 0 Å². The van der Waals surface area contributed by atoms with E-state index in [0.29, 0.717) is 6.04 Å². The van der Waals surface area contributed by atoms with Gasteiger partial charge in [0.15, 0.2) is 6.04 Å². The minimum Gasteiger partial charge on any atom is -0.361 e. The predicted octanol–water partition coefficient (Wildman–Crippen LogP) is -1.58. The lowest BCUT2D eigenvalue weighted by atomic mass is 10.3. The summed E-state index contributed by atoms with van der Waals surface area (Å²) in [5, 5.41) is 4.65. The van der Waals surface area contributed by atoms with Gasteiger partial charge in [0.1, 0.15) is 6.54 Å². The first-order chi connectivity index (χ1) is 10.3. The number of benzene rings is 1. The molecule has 0 saturated heterocycles. The number of para-hydroxylation sites is 1. The zero-order valence-corrected chi connectivity index (χ0v) is 14.0. The van der Waals surface area contributed by atoms with Crippen molar-refractivity contribution in [2.75, 3.05) is 17.6 Å². The first kappa shape index (κ1) is 19.0. The Bertz CT molecular complexity index is 511. The summed E-state index contributed by atoms with van der Waals surface area (Å²) in [4.78, 5) is 0. The van der Waals surface area contributed by atoms with Crippen molar-refractivity contribution in [3.8, 4) is 0 Å². The zero-order chi connectivity index (χ0) is 16.6. The Morgan fingerprint density at radius 1 is 1.27 bits per heavy atom. The highest BCUT2D eigenvalue weighted by atomic mass is 35.7. The van der Waals surface area contributed by atoms with Crippen LogP contribution in [0.3, 0.4) is 0 Å². The van der Waals surface area contributed by atoms with Gasteiger partial charge in [0.05, 0.1) is 5.75 Å². The SMILES string of the molecule is CC[N+]1=C(/C=C/Nc2ccccc2)SCC1C.[O-][Cl+3]([O-])([O-])[O-]. The zero-order valence-electron chi connectivity index (χ0n) is 12.4. The topological polar surface area (TPSA) is 107 Å². The van der Waals surface area contributed by atoms with Gasteiger partial charge in [0.25, 0.3) is 0 Å². The van der Waals surface area contributed by atoms with Crippen molar-refractivity contribution in [3.63, 3.8) is 0 Å². The molecule has 1 aromatic carbocycles. The summed E-state index contributed by atoms with van der Waals surface area (Å²) in [7, 11) is -4.94. The molecule has 1 unspecified atom stereocenters. The van der Waals surface area contributed by atoms with Gasteiger partial charge in [-0.3, -0.25) is 0 Å². The fourth-order valence-corrected chi connectivity index (χ4v) is 3.18. The van der Waals surface area contributed by atoms with Crippen molar-refractivity contribution in [2.45, 2.75) is 19.9 Å². The normalized spacial score (nSPS) is 18.4. The van der Waals surface area contributed by atoms with E-state index in [9.17, 15) is 0 Å². The lowest BCUT2D eigenvalue weighted by Crippen LogP contribution is -2.68. The Morgan fingerprint density at radius 2 is 1.86 bits per heavy atom. The van der Waals surface area contributed by atoms with Gasteiger partial charge in [-0.25, -0.2) is 23.2 Å². The van der Waals surface area contributed by atoms with Crippen LogP contribution in [0.15, 0.2) is 42.6 Å². The Morgan fingerprint density at radius 3 is 2.41 bits per heavy atom. The minimum atomic E-state index is -4.94. The van der Waals surface area contributed by atoms with Crippen molar-refractivity contribution >= 4 is 22.5 Å². The minimum absolute atomic E-state index is 0.654. The molecule has 6 nitrogen and oxygen atoms in total. The summed E-state index contributed by atoms with van der Waals surface area (Å²) in [5.41, 5.74) is 1.13. The van der Waals surface area contributed by atoms with Gasteiger partial charge in [-0.05, 0) is 26.0 Å². The van der Waals surface area contributed by atoms with Gasteiger partial charge in [-0.15, -0.1) is 10.2 Å². The van der Waals surface area contributed by atoms with Crippen molar-refractivity contribution in [2.24, 2.45) is 0 Å². The number of halogens is 1. The fourth-order valence-electron chi connectivity index (χ4n) is 1.95. The Kier molecular flexibility index (Phi) is 7.88. The monoisotopic (exact) mass is 346 g/mol. The van der Waals surface area contributed by atoms with Crippen LogP contribution >= 0.6 is 11.8 Å². The highest BCUT2D eigenvalue weighted by molar-refractivity contribution is 8.14. The molecule has 1 aromatic rings. The second-order valence-electron chi connectivity index (χ2n) is 4.51. The first-order valence-electron chi connectivity index (χ1n) is 6.67. The summed E-state index contributed by atoms with van der Waals surface area (Å²) in [6.45, 7) is 5.57. The lowest BCUT2D eigenvalue weighted by molar-refractivity contribution is -2.00.